The van der Waals surface area contributed by atoms with Gasteiger partial charge >= 0.3 is 0 Å². The Morgan fingerprint density at radius 2 is 1.86 bits per heavy atom. The SMILES string of the molecule is NC(=O)C1CCC(n2c(Nc3c(F)cccc3F)nc3cnc(N[C@@H]4CCOC[C@H]4F)nc32)CC1. The third kappa shape index (κ3) is 4.75. The second-order valence-electron chi connectivity index (χ2n) is 8.97. The summed E-state index contributed by atoms with van der Waals surface area (Å²) in [6.07, 6.45) is 3.13. The van der Waals surface area contributed by atoms with Crippen molar-refractivity contribution >= 4 is 34.7 Å². The van der Waals surface area contributed by atoms with Crippen molar-refractivity contribution in [3.63, 3.8) is 0 Å². The van der Waals surface area contributed by atoms with E-state index in [0.717, 1.165) is 12.1 Å². The molecule has 2 fully saturated rings. The molecule has 0 radical (unpaired) electrons. The topological polar surface area (TPSA) is 120 Å². The van der Waals surface area contributed by atoms with E-state index < -0.39 is 23.8 Å². The van der Waals surface area contributed by atoms with E-state index in [4.69, 9.17) is 10.5 Å². The molecule has 186 valence electrons. The molecule has 2 aliphatic rings. The van der Waals surface area contributed by atoms with Crippen LogP contribution in [0.25, 0.3) is 11.2 Å². The molecule has 5 rings (SSSR count). The number of fused-ring (bicyclic) bond motifs is 1. The van der Waals surface area contributed by atoms with Gasteiger partial charge in [0.15, 0.2) is 5.65 Å². The van der Waals surface area contributed by atoms with Crippen molar-refractivity contribution < 1.29 is 22.7 Å². The summed E-state index contributed by atoms with van der Waals surface area (Å²) in [6, 6.07) is 2.95. The normalized spacial score (nSPS) is 24.9. The number of nitrogens with one attached hydrogen (secondary N) is 2. The maximum atomic E-state index is 14.4. The average molecular weight is 490 g/mol. The molecule has 1 amide bonds. The highest BCUT2D eigenvalue weighted by Crippen LogP contribution is 2.37. The molecular formula is C23H26F3N7O2. The van der Waals surface area contributed by atoms with Crippen LogP contribution in [-0.4, -0.2) is 50.9 Å². The van der Waals surface area contributed by atoms with E-state index in [-0.39, 0.29) is 42.1 Å². The van der Waals surface area contributed by atoms with Gasteiger partial charge in [-0.25, -0.2) is 23.1 Å². The number of carbonyl (C=O) groups excluding carboxylic acids is 1. The maximum absolute atomic E-state index is 14.4. The van der Waals surface area contributed by atoms with Crippen LogP contribution in [0.5, 0.6) is 0 Å². The molecule has 0 spiro atoms. The molecule has 12 heteroatoms. The molecule has 1 saturated heterocycles. The van der Waals surface area contributed by atoms with E-state index in [9.17, 15) is 18.0 Å². The minimum absolute atomic E-state index is 0.00319. The van der Waals surface area contributed by atoms with Gasteiger partial charge in [-0.3, -0.25) is 9.36 Å². The first kappa shape index (κ1) is 23.3. The lowest BCUT2D eigenvalue weighted by atomic mass is 9.85. The Morgan fingerprint density at radius 1 is 1.11 bits per heavy atom. The molecule has 2 atom stereocenters. The number of benzene rings is 1. The molecule has 0 unspecified atom stereocenters. The number of hydrogen-bond donors (Lipinski definition) is 3. The number of ether oxygens (including phenoxy) is 1. The molecule has 1 aromatic carbocycles. The number of amides is 1. The molecule has 3 heterocycles. The lowest BCUT2D eigenvalue weighted by Gasteiger charge is -2.29. The van der Waals surface area contributed by atoms with Crippen LogP contribution >= 0.6 is 0 Å². The van der Waals surface area contributed by atoms with Gasteiger partial charge in [0.1, 0.15) is 29.0 Å². The number of primary amides is 1. The van der Waals surface area contributed by atoms with E-state index in [0.29, 0.717) is 49.9 Å². The van der Waals surface area contributed by atoms with Crippen LogP contribution in [0.2, 0.25) is 0 Å². The smallest absolute Gasteiger partial charge is 0.225 e. The van der Waals surface area contributed by atoms with Gasteiger partial charge in [0, 0.05) is 18.6 Å². The zero-order valence-corrected chi connectivity index (χ0v) is 18.9. The van der Waals surface area contributed by atoms with Gasteiger partial charge in [0.2, 0.25) is 17.8 Å². The summed E-state index contributed by atoms with van der Waals surface area (Å²) in [7, 11) is 0. The van der Waals surface area contributed by atoms with Crippen LogP contribution in [-0.2, 0) is 9.53 Å². The zero-order chi connectivity index (χ0) is 24.5. The molecule has 1 aliphatic heterocycles. The first-order valence-corrected chi connectivity index (χ1v) is 11.6. The molecular weight excluding hydrogens is 463 g/mol. The number of nitrogens with zero attached hydrogens (tertiary/aromatic N) is 4. The van der Waals surface area contributed by atoms with E-state index >= 15 is 0 Å². The summed E-state index contributed by atoms with van der Waals surface area (Å²) in [5.74, 6) is -1.65. The summed E-state index contributed by atoms with van der Waals surface area (Å²) >= 11 is 0. The highest BCUT2D eigenvalue weighted by atomic mass is 19.1. The van der Waals surface area contributed by atoms with Crippen LogP contribution < -0.4 is 16.4 Å². The van der Waals surface area contributed by atoms with Gasteiger partial charge < -0.3 is 21.1 Å². The van der Waals surface area contributed by atoms with Crippen molar-refractivity contribution in [2.24, 2.45) is 11.7 Å². The van der Waals surface area contributed by atoms with Crippen molar-refractivity contribution in [3.05, 3.63) is 36.0 Å². The minimum Gasteiger partial charge on any atom is -0.378 e. The molecule has 35 heavy (non-hydrogen) atoms. The summed E-state index contributed by atoms with van der Waals surface area (Å²) in [4.78, 5) is 25.0. The van der Waals surface area contributed by atoms with Crippen LogP contribution in [0.4, 0.5) is 30.8 Å². The molecule has 1 aliphatic carbocycles. The Hall–Kier alpha value is -3.41. The Balaban J connectivity index is 1.52. The van der Waals surface area contributed by atoms with E-state index in [1.807, 2.05) is 0 Å². The number of rotatable bonds is 6. The third-order valence-electron chi connectivity index (χ3n) is 6.70. The van der Waals surface area contributed by atoms with Crippen molar-refractivity contribution in [1.82, 2.24) is 19.5 Å². The second kappa shape index (κ2) is 9.68. The Labute approximate surface area is 199 Å². The summed E-state index contributed by atoms with van der Waals surface area (Å²) in [6.45, 7) is 0.437. The number of carbonyl (C=O) groups is 1. The summed E-state index contributed by atoms with van der Waals surface area (Å²) < 4.78 is 50.0. The first-order valence-electron chi connectivity index (χ1n) is 11.6. The van der Waals surface area contributed by atoms with Gasteiger partial charge in [0.25, 0.3) is 0 Å². The Bertz CT molecular complexity index is 1210. The maximum Gasteiger partial charge on any atom is 0.225 e. The predicted molar refractivity (Wildman–Crippen MR) is 123 cm³/mol. The molecule has 2 aromatic heterocycles. The van der Waals surface area contributed by atoms with Gasteiger partial charge in [-0.05, 0) is 44.2 Å². The van der Waals surface area contributed by atoms with Gasteiger partial charge in [-0.15, -0.1) is 0 Å². The lowest BCUT2D eigenvalue weighted by molar-refractivity contribution is -0.122. The van der Waals surface area contributed by atoms with Crippen LogP contribution in [0.3, 0.4) is 0 Å². The first-order chi connectivity index (χ1) is 16.9. The Kier molecular flexibility index (Phi) is 6.46. The predicted octanol–water partition coefficient (Wildman–Crippen LogP) is 3.60. The van der Waals surface area contributed by atoms with E-state index in [2.05, 4.69) is 25.6 Å². The molecule has 3 aromatic rings. The number of aromatic nitrogens is 4. The lowest BCUT2D eigenvalue weighted by Crippen LogP contribution is -2.39. The van der Waals surface area contributed by atoms with Crippen LogP contribution in [0.15, 0.2) is 24.4 Å². The molecule has 9 nitrogen and oxygen atoms in total. The third-order valence-corrected chi connectivity index (χ3v) is 6.70. The fraction of sp³-hybridized carbons (Fsp3) is 0.478. The number of anilines is 3. The highest BCUT2D eigenvalue weighted by Gasteiger charge is 2.30. The standard InChI is InChI=1S/C23H26F3N7O2/c24-14-2-1-3-15(25)19(14)31-23-30-18-10-28-22(29-17-8-9-35-11-16(17)26)32-21(18)33(23)13-6-4-12(5-7-13)20(27)34/h1-3,10,12-13,16-17H,4-9,11H2,(H2,27,34)(H,30,31)(H,28,29,32)/t12?,13?,16-,17-/m1/s1. The number of imidazole rings is 1. The molecule has 1 saturated carbocycles. The number of halogens is 3. The molecule has 0 bridgehead atoms. The minimum atomic E-state index is -1.20. The van der Waals surface area contributed by atoms with Crippen molar-refractivity contribution in [2.45, 2.75) is 50.4 Å². The number of nitrogens with two attached hydrogens (primary N) is 1. The van der Waals surface area contributed by atoms with Crippen LogP contribution in [0, 0.1) is 17.6 Å². The monoisotopic (exact) mass is 489 g/mol. The zero-order valence-electron chi connectivity index (χ0n) is 18.9. The fourth-order valence-corrected chi connectivity index (χ4v) is 4.77. The number of hydrogen-bond acceptors (Lipinski definition) is 7. The van der Waals surface area contributed by atoms with Crippen LogP contribution in [0.1, 0.15) is 38.1 Å². The second-order valence-corrected chi connectivity index (χ2v) is 8.97. The van der Waals surface area contributed by atoms with Crippen molar-refractivity contribution in [3.8, 4) is 0 Å². The Morgan fingerprint density at radius 3 is 2.54 bits per heavy atom. The fourth-order valence-electron chi connectivity index (χ4n) is 4.77. The van der Waals surface area contributed by atoms with Gasteiger partial charge in [-0.2, -0.15) is 4.98 Å². The summed E-state index contributed by atoms with van der Waals surface area (Å²) in [5, 5.41) is 5.82. The van der Waals surface area contributed by atoms with Crippen molar-refractivity contribution in [1.29, 1.82) is 0 Å². The van der Waals surface area contributed by atoms with Crippen molar-refractivity contribution in [2.75, 3.05) is 23.8 Å². The number of alkyl halides is 1. The quantitative estimate of drug-likeness (QED) is 0.484. The van der Waals surface area contributed by atoms with Gasteiger partial charge in [0.05, 0.1) is 18.8 Å². The summed E-state index contributed by atoms with van der Waals surface area (Å²) in [5.41, 5.74) is 6.00. The van der Waals surface area contributed by atoms with Gasteiger partial charge in [-0.1, -0.05) is 6.07 Å². The average Bonchev–Trinajstić information content (AvgIpc) is 3.20. The molecule has 4 N–H and O–H groups in total. The highest BCUT2D eigenvalue weighted by molar-refractivity contribution is 5.78. The van der Waals surface area contributed by atoms with E-state index in [1.165, 1.54) is 12.3 Å². The number of para-hydroxylation sites is 1. The van der Waals surface area contributed by atoms with E-state index in [1.54, 1.807) is 4.57 Å². The largest absolute Gasteiger partial charge is 0.378 e.